The second-order valence-corrected chi connectivity index (χ2v) is 8.53. The molecule has 0 radical (unpaired) electrons. The SMILES string of the molecule is N#CCc1ccc(NC(=O)c2sccc2S(=O)(=O)N2CCCC2)cc1. The van der Waals surface area contributed by atoms with E-state index < -0.39 is 15.9 Å². The highest BCUT2D eigenvalue weighted by molar-refractivity contribution is 7.89. The van der Waals surface area contributed by atoms with Gasteiger partial charge in [-0.25, -0.2) is 8.42 Å². The van der Waals surface area contributed by atoms with Gasteiger partial charge in [0.05, 0.1) is 12.5 Å². The van der Waals surface area contributed by atoms with Crippen LogP contribution in [-0.2, 0) is 16.4 Å². The van der Waals surface area contributed by atoms with Gasteiger partial charge in [-0.1, -0.05) is 12.1 Å². The van der Waals surface area contributed by atoms with Crippen molar-refractivity contribution in [3.05, 3.63) is 46.2 Å². The average molecular weight is 375 g/mol. The van der Waals surface area contributed by atoms with Crippen LogP contribution in [0.25, 0.3) is 0 Å². The van der Waals surface area contributed by atoms with E-state index in [1.807, 2.05) is 0 Å². The van der Waals surface area contributed by atoms with Crippen molar-refractivity contribution in [3.8, 4) is 6.07 Å². The van der Waals surface area contributed by atoms with Gasteiger partial charge in [0.2, 0.25) is 10.0 Å². The number of nitriles is 1. The average Bonchev–Trinajstić information content (AvgIpc) is 3.29. The highest BCUT2D eigenvalue weighted by atomic mass is 32.2. The fraction of sp³-hybridized carbons (Fsp3) is 0.294. The summed E-state index contributed by atoms with van der Waals surface area (Å²) in [4.78, 5) is 12.8. The van der Waals surface area contributed by atoms with Gasteiger partial charge in [-0.3, -0.25) is 4.79 Å². The van der Waals surface area contributed by atoms with Crippen molar-refractivity contribution in [3.63, 3.8) is 0 Å². The van der Waals surface area contributed by atoms with Crippen LogP contribution in [0.1, 0.15) is 28.1 Å². The Morgan fingerprint density at radius 3 is 2.52 bits per heavy atom. The van der Waals surface area contributed by atoms with Gasteiger partial charge in [-0.15, -0.1) is 11.3 Å². The number of carbonyl (C=O) groups is 1. The number of carbonyl (C=O) groups excluding carboxylic acids is 1. The number of nitrogens with zero attached hydrogens (tertiary/aromatic N) is 2. The molecule has 25 heavy (non-hydrogen) atoms. The van der Waals surface area contributed by atoms with E-state index in [9.17, 15) is 13.2 Å². The van der Waals surface area contributed by atoms with Crippen LogP contribution in [0.5, 0.6) is 0 Å². The minimum absolute atomic E-state index is 0.0676. The van der Waals surface area contributed by atoms with E-state index in [1.54, 1.807) is 29.6 Å². The first-order valence-electron chi connectivity index (χ1n) is 7.87. The minimum atomic E-state index is -3.63. The molecule has 0 atom stereocenters. The molecule has 1 fully saturated rings. The number of benzene rings is 1. The Balaban J connectivity index is 1.80. The summed E-state index contributed by atoms with van der Waals surface area (Å²) in [6, 6.07) is 10.5. The van der Waals surface area contributed by atoms with Gasteiger partial charge in [0.15, 0.2) is 0 Å². The lowest BCUT2D eigenvalue weighted by Crippen LogP contribution is -2.29. The van der Waals surface area contributed by atoms with Gasteiger partial charge >= 0.3 is 0 Å². The maximum atomic E-state index is 12.7. The van der Waals surface area contributed by atoms with Crippen molar-refractivity contribution in [2.24, 2.45) is 0 Å². The monoisotopic (exact) mass is 375 g/mol. The first-order valence-corrected chi connectivity index (χ1v) is 10.2. The highest BCUT2D eigenvalue weighted by Crippen LogP contribution is 2.28. The first-order chi connectivity index (χ1) is 12.0. The molecule has 0 spiro atoms. The number of thiophene rings is 1. The highest BCUT2D eigenvalue weighted by Gasteiger charge is 2.31. The fourth-order valence-corrected chi connectivity index (χ4v) is 5.53. The van der Waals surface area contributed by atoms with Gasteiger partial charge < -0.3 is 5.32 Å². The Hall–Kier alpha value is -2.21. The lowest BCUT2D eigenvalue weighted by molar-refractivity contribution is 0.102. The van der Waals surface area contributed by atoms with E-state index in [0.29, 0.717) is 25.2 Å². The lowest BCUT2D eigenvalue weighted by atomic mass is 10.1. The second kappa shape index (κ2) is 7.35. The summed E-state index contributed by atoms with van der Waals surface area (Å²) in [7, 11) is -3.63. The molecule has 1 saturated heterocycles. The summed E-state index contributed by atoms with van der Waals surface area (Å²) in [5.74, 6) is -0.444. The zero-order valence-corrected chi connectivity index (χ0v) is 15.1. The summed E-state index contributed by atoms with van der Waals surface area (Å²) < 4.78 is 26.9. The van der Waals surface area contributed by atoms with E-state index in [4.69, 9.17) is 5.26 Å². The number of nitrogens with one attached hydrogen (secondary N) is 1. The first kappa shape index (κ1) is 17.6. The standard InChI is InChI=1S/C17H17N3O3S2/c18-9-7-13-3-5-14(6-4-13)19-17(21)16-15(8-12-24-16)25(22,23)20-10-1-2-11-20/h3-6,8,12H,1-2,7,10-11H2,(H,19,21). The molecule has 0 aliphatic carbocycles. The molecule has 1 aromatic carbocycles. The van der Waals surface area contributed by atoms with Crippen LogP contribution in [0, 0.1) is 11.3 Å². The van der Waals surface area contributed by atoms with Gasteiger partial charge in [0.1, 0.15) is 9.77 Å². The largest absolute Gasteiger partial charge is 0.321 e. The molecule has 2 aromatic rings. The van der Waals surface area contributed by atoms with Crippen LogP contribution < -0.4 is 5.32 Å². The van der Waals surface area contributed by atoms with Crippen molar-refractivity contribution in [2.45, 2.75) is 24.2 Å². The van der Waals surface area contributed by atoms with Crippen LogP contribution in [0.2, 0.25) is 0 Å². The number of hydrogen-bond donors (Lipinski definition) is 1. The molecule has 1 aliphatic heterocycles. The predicted molar refractivity (Wildman–Crippen MR) is 96.0 cm³/mol. The summed E-state index contributed by atoms with van der Waals surface area (Å²) in [5.41, 5.74) is 1.42. The maximum absolute atomic E-state index is 12.7. The lowest BCUT2D eigenvalue weighted by Gasteiger charge is -2.15. The topological polar surface area (TPSA) is 90.3 Å². The third kappa shape index (κ3) is 3.74. The molecule has 6 nitrogen and oxygen atoms in total. The van der Waals surface area contributed by atoms with E-state index in [2.05, 4.69) is 11.4 Å². The number of sulfonamides is 1. The Labute approximate surface area is 150 Å². The van der Waals surface area contributed by atoms with Gasteiger partial charge in [-0.05, 0) is 42.0 Å². The van der Waals surface area contributed by atoms with Gasteiger partial charge in [0, 0.05) is 18.8 Å². The van der Waals surface area contributed by atoms with Crippen molar-refractivity contribution >= 4 is 33.0 Å². The fourth-order valence-electron chi connectivity index (χ4n) is 2.72. The zero-order chi connectivity index (χ0) is 17.9. The van der Waals surface area contributed by atoms with Crippen molar-refractivity contribution in [1.29, 1.82) is 5.26 Å². The zero-order valence-electron chi connectivity index (χ0n) is 13.4. The molecule has 3 rings (SSSR count). The van der Waals surface area contributed by atoms with E-state index in [-0.39, 0.29) is 9.77 Å². The summed E-state index contributed by atoms with van der Waals surface area (Å²) in [5, 5.41) is 13.0. The van der Waals surface area contributed by atoms with Crippen LogP contribution in [0.3, 0.4) is 0 Å². The molecule has 1 aliphatic rings. The molecular formula is C17H17N3O3S2. The van der Waals surface area contributed by atoms with Crippen LogP contribution in [0.15, 0.2) is 40.6 Å². The number of hydrogen-bond acceptors (Lipinski definition) is 5. The van der Waals surface area contributed by atoms with Gasteiger partial charge in [-0.2, -0.15) is 9.57 Å². The number of anilines is 1. The Morgan fingerprint density at radius 2 is 1.88 bits per heavy atom. The quantitative estimate of drug-likeness (QED) is 0.870. The number of amides is 1. The molecule has 0 unspecified atom stereocenters. The predicted octanol–water partition coefficient (Wildman–Crippen LogP) is 2.85. The second-order valence-electron chi connectivity index (χ2n) is 5.71. The third-order valence-electron chi connectivity index (χ3n) is 4.01. The van der Waals surface area contributed by atoms with Crippen molar-refractivity contribution in [1.82, 2.24) is 4.31 Å². The normalized spacial score (nSPS) is 15.0. The smallest absolute Gasteiger partial charge is 0.267 e. The molecule has 130 valence electrons. The third-order valence-corrected chi connectivity index (χ3v) is 7.00. The Kier molecular flexibility index (Phi) is 5.18. The van der Waals surface area contributed by atoms with Crippen LogP contribution in [0.4, 0.5) is 5.69 Å². The minimum Gasteiger partial charge on any atom is -0.321 e. The Morgan fingerprint density at radius 1 is 1.20 bits per heavy atom. The molecule has 1 aromatic heterocycles. The molecule has 1 amide bonds. The van der Waals surface area contributed by atoms with Crippen LogP contribution in [-0.4, -0.2) is 31.7 Å². The van der Waals surface area contributed by atoms with E-state index in [0.717, 1.165) is 29.7 Å². The molecule has 0 bridgehead atoms. The Bertz CT molecular complexity index is 905. The van der Waals surface area contributed by atoms with E-state index >= 15 is 0 Å². The summed E-state index contributed by atoms with van der Waals surface area (Å²) in [6.07, 6.45) is 2.00. The maximum Gasteiger partial charge on any atom is 0.267 e. The molecular weight excluding hydrogens is 358 g/mol. The van der Waals surface area contributed by atoms with Crippen molar-refractivity contribution in [2.75, 3.05) is 18.4 Å². The number of rotatable bonds is 5. The van der Waals surface area contributed by atoms with Gasteiger partial charge in [0.25, 0.3) is 5.91 Å². The van der Waals surface area contributed by atoms with Crippen molar-refractivity contribution < 1.29 is 13.2 Å². The summed E-state index contributed by atoms with van der Waals surface area (Å²) in [6.45, 7) is 0.999. The molecule has 8 heteroatoms. The van der Waals surface area contributed by atoms with E-state index in [1.165, 1.54) is 10.4 Å². The van der Waals surface area contributed by atoms with Crippen LogP contribution >= 0.6 is 11.3 Å². The molecule has 2 heterocycles. The molecule has 0 saturated carbocycles. The summed E-state index contributed by atoms with van der Waals surface area (Å²) >= 11 is 1.11. The molecule has 1 N–H and O–H groups in total.